The normalized spacial score (nSPS) is 10.5. The number of nitrogens with zero attached hydrogens (tertiary/aromatic N) is 1. The Morgan fingerprint density at radius 1 is 1.33 bits per heavy atom. The quantitative estimate of drug-likeness (QED) is 0.506. The molecule has 0 amide bonds. The average molecular weight is 268 g/mol. The van der Waals surface area contributed by atoms with Crippen molar-refractivity contribution in [2.75, 3.05) is 6.54 Å². The number of hydrogen-bond acceptors (Lipinski definition) is 4. The Morgan fingerprint density at radius 3 is 2.61 bits per heavy atom. The molecule has 0 aromatic heterocycles. The molecule has 1 rings (SSSR count). The molecule has 0 aliphatic rings. The van der Waals surface area contributed by atoms with Crippen molar-refractivity contribution in [1.29, 1.82) is 0 Å². The second-order valence-corrected chi connectivity index (χ2v) is 4.99. The van der Waals surface area contributed by atoms with Gasteiger partial charge in [0, 0.05) is 12.5 Å². The molecule has 6 nitrogen and oxygen atoms in total. The molecule has 0 radical (unpaired) electrons. The minimum Gasteiger partial charge on any atom is -0.258 e. The molecule has 7 heteroatoms. The summed E-state index contributed by atoms with van der Waals surface area (Å²) in [6.45, 7) is 1.77. The Hall–Kier alpha value is -1.91. The fourth-order valence-corrected chi connectivity index (χ4v) is 2.32. The molecule has 0 saturated heterocycles. The monoisotopic (exact) mass is 268 g/mol. The first-order valence-corrected chi connectivity index (χ1v) is 6.66. The number of benzene rings is 1. The molecule has 1 aromatic carbocycles. The average Bonchev–Trinajstić information content (AvgIpc) is 2.35. The molecule has 0 bridgehead atoms. The number of hydrogen-bond donors (Lipinski definition) is 1. The third-order valence-electron chi connectivity index (χ3n) is 2.00. The van der Waals surface area contributed by atoms with Crippen LogP contribution in [-0.2, 0) is 10.0 Å². The number of para-hydroxylation sites is 1. The highest BCUT2D eigenvalue weighted by molar-refractivity contribution is 7.89. The second-order valence-electron chi connectivity index (χ2n) is 3.26. The van der Waals surface area contributed by atoms with Gasteiger partial charge in [-0.3, -0.25) is 10.1 Å². The van der Waals surface area contributed by atoms with Gasteiger partial charge in [-0.05, 0) is 6.07 Å². The van der Waals surface area contributed by atoms with Gasteiger partial charge in [0.15, 0.2) is 4.90 Å². The topological polar surface area (TPSA) is 89.3 Å². The van der Waals surface area contributed by atoms with Gasteiger partial charge in [0.2, 0.25) is 10.0 Å². The highest BCUT2D eigenvalue weighted by atomic mass is 32.2. The summed E-state index contributed by atoms with van der Waals surface area (Å²) in [5, 5.41) is 10.7. The van der Waals surface area contributed by atoms with Crippen molar-refractivity contribution in [2.24, 2.45) is 0 Å². The van der Waals surface area contributed by atoms with E-state index in [0.717, 1.165) is 6.07 Å². The van der Waals surface area contributed by atoms with Crippen molar-refractivity contribution in [3.63, 3.8) is 0 Å². The zero-order chi connectivity index (χ0) is 13.6. The summed E-state index contributed by atoms with van der Waals surface area (Å²) >= 11 is 0. The number of rotatable bonds is 4. The maximum atomic E-state index is 11.8. The van der Waals surface area contributed by atoms with E-state index in [2.05, 4.69) is 16.6 Å². The maximum absolute atomic E-state index is 11.8. The Morgan fingerprint density at radius 2 is 2.00 bits per heavy atom. The van der Waals surface area contributed by atoms with Gasteiger partial charge < -0.3 is 0 Å². The number of nitro groups is 1. The lowest BCUT2D eigenvalue weighted by molar-refractivity contribution is -0.387. The van der Waals surface area contributed by atoms with Crippen molar-refractivity contribution < 1.29 is 13.3 Å². The van der Waals surface area contributed by atoms with Crippen LogP contribution in [0.3, 0.4) is 0 Å². The number of nitrogens with one attached hydrogen (secondary N) is 1. The van der Waals surface area contributed by atoms with Crippen molar-refractivity contribution in [1.82, 2.24) is 4.72 Å². The lowest BCUT2D eigenvalue weighted by Gasteiger charge is -2.04. The smallest absolute Gasteiger partial charge is 0.258 e. The Bertz CT molecular complexity index is 599. The molecule has 0 spiro atoms. The first-order valence-electron chi connectivity index (χ1n) is 5.18. The Balaban J connectivity index is 3.02. The predicted molar refractivity (Wildman–Crippen MR) is 66.4 cm³/mol. The fraction of sp³-hybridized carbons (Fsp3) is 0.273. The van der Waals surface area contributed by atoms with Crippen LogP contribution in [0.4, 0.5) is 5.69 Å². The summed E-state index contributed by atoms with van der Waals surface area (Å²) in [4.78, 5) is 9.65. The minimum atomic E-state index is -3.91. The highest BCUT2D eigenvalue weighted by Gasteiger charge is 2.24. The zero-order valence-corrected chi connectivity index (χ0v) is 10.5. The molecule has 0 saturated carbocycles. The van der Waals surface area contributed by atoms with Gasteiger partial charge in [0.05, 0.1) is 11.5 Å². The van der Waals surface area contributed by atoms with Gasteiger partial charge in [-0.15, -0.1) is 5.92 Å². The third-order valence-corrected chi connectivity index (χ3v) is 3.45. The summed E-state index contributed by atoms with van der Waals surface area (Å²) in [5.74, 6) is 5.30. The molecular weight excluding hydrogens is 256 g/mol. The van der Waals surface area contributed by atoms with Crippen LogP contribution >= 0.6 is 0 Å². The lowest BCUT2D eigenvalue weighted by atomic mass is 10.3. The second kappa shape index (κ2) is 6.14. The van der Waals surface area contributed by atoms with Gasteiger partial charge >= 0.3 is 0 Å². The van der Waals surface area contributed by atoms with Gasteiger partial charge in [-0.25, -0.2) is 8.42 Å². The van der Waals surface area contributed by atoms with E-state index in [1.165, 1.54) is 18.2 Å². The van der Waals surface area contributed by atoms with Crippen molar-refractivity contribution >= 4 is 15.7 Å². The molecule has 0 atom stereocenters. The third kappa shape index (κ3) is 3.55. The van der Waals surface area contributed by atoms with E-state index in [4.69, 9.17) is 0 Å². The summed E-state index contributed by atoms with van der Waals surface area (Å²) in [6.07, 6.45) is 0.618. The Kier molecular flexibility index (Phi) is 4.83. The van der Waals surface area contributed by atoms with Crippen LogP contribution in [0.15, 0.2) is 29.2 Å². The SMILES string of the molecule is CCC#CCNS(=O)(=O)c1ccccc1[N+](=O)[O-]. The molecule has 0 aliphatic carbocycles. The van der Waals surface area contributed by atoms with Gasteiger partial charge in [-0.2, -0.15) is 4.72 Å². The van der Waals surface area contributed by atoms with Gasteiger partial charge in [0.1, 0.15) is 0 Å². The van der Waals surface area contributed by atoms with E-state index in [0.29, 0.717) is 6.42 Å². The van der Waals surface area contributed by atoms with E-state index in [1.807, 2.05) is 6.92 Å². The summed E-state index contributed by atoms with van der Waals surface area (Å²) in [7, 11) is -3.91. The van der Waals surface area contributed by atoms with E-state index in [-0.39, 0.29) is 11.4 Å². The van der Waals surface area contributed by atoms with Crippen LogP contribution in [-0.4, -0.2) is 19.9 Å². The van der Waals surface area contributed by atoms with E-state index in [9.17, 15) is 18.5 Å². The molecule has 0 heterocycles. The summed E-state index contributed by atoms with van der Waals surface area (Å²) in [5.41, 5.74) is -0.451. The summed E-state index contributed by atoms with van der Waals surface area (Å²) < 4.78 is 25.9. The van der Waals surface area contributed by atoms with Crippen LogP contribution in [0.25, 0.3) is 0 Å². The fourth-order valence-electron chi connectivity index (χ4n) is 1.23. The van der Waals surface area contributed by atoms with Crippen molar-refractivity contribution in [3.05, 3.63) is 34.4 Å². The van der Waals surface area contributed by atoms with E-state index in [1.54, 1.807) is 0 Å². The van der Waals surface area contributed by atoms with Gasteiger partial charge in [-0.1, -0.05) is 25.0 Å². The molecule has 1 N–H and O–H groups in total. The first kappa shape index (κ1) is 14.2. The van der Waals surface area contributed by atoms with Crippen molar-refractivity contribution in [2.45, 2.75) is 18.2 Å². The minimum absolute atomic E-state index is 0.0672. The highest BCUT2D eigenvalue weighted by Crippen LogP contribution is 2.22. The van der Waals surface area contributed by atoms with E-state index < -0.39 is 20.6 Å². The number of nitro benzene ring substituents is 1. The zero-order valence-electron chi connectivity index (χ0n) is 9.71. The van der Waals surface area contributed by atoms with Crippen LogP contribution in [0.1, 0.15) is 13.3 Å². The molecule has 96 valence electrons. The Labute approximate surface area is 105 Å². The molecular formula is C11H12N2O4S. The van der Waals surface area contributed by atoms with Crippen LogP contribution in [0.2, 0.25) is 0 Å². The van der Waals surface area contributed by atoms with Crippen LogP contribution in [0.5, 0.6) is 0 Å². The van der Waals surface area contributed by atoms with E-state index >= 15 is 0 Å². The van der Waals surface area contributed by atoms with Crippen LogP contribution < -0.4 is 4.72 Å². The molecule has 0 fully saturated rings. The largest absolute Gasteiger partial charge is 0.289 e. The molecule has 1 aromatic rings. The molecule has 0 unspecified atom stereocenters. The molecule has 18 heavy (non-hydrogen) atoms. The van der Waals surface area contributed by atoms with Gasteiger partial charge in [0.25, 0.3) is 5.69 Å². The van der Waals surface area contributed by atoms with Crippen molar-refractivity contribution in [3.8, 4) is 11.8 Å². The van der Waals surface area contributed by atoms with Crippen LogP contribution in [0, 0.1) is 22.0 Å². The molecule has 0 aliphatic heterocycles. The summed E-state index contributed by atoms with van der Waals surface area (Å²) in [6, 6.07) is 5.17. The predicted octanol–water partition coefficient (Wildman–Crippen LogP) is 1.29. The maximum Gasteiger partial charge on any atom is 0.289 e. The lowest BCUT2D eigenvalue weighted by Crippen LogP contribution is -2.24. The standard InChI is InChI=1S/C11H12N2O4S/c1-2-3-6-9-12-18(16,17)11-8-5-4-7-10(11)13(14)15/h4-5,7-8,12H,2,9H2,1H3. The first-order chi connectivity index (χ1) is 8.49. The number of sulfonamides is 1.